The second-order valence-corrected chi connectivity index (χ2v) is 6.25. The summed E-state index contributed by atoms with van der Waals surface area (Å²) < 4.78 is 6.86. The number of aliphatic carboxylic acids is 1. The highest BCUT2D eigenvalue weighted by Gasteiger charge is 2.41. The van der Waals surface area contributed by atoms with Crippen LogP contribution in [0.5, 0.6) is 5.75 Å². The van der Waals surface area contributed by atoms with Gasteiger partial charge in [-0.2, -0.15) is 5.10 Å². The van der Waals surface area contributed by atoms with Crippen LogP contribution < -0.4 is 4.74 Å². The number of aromatic nitrogens is 2. The summed E-state index contributed by atoms with van der Waals surface area (Å²) in [6.07, 6.45) is 3.98. The number of aryl methyl sites for hydroxylation is 1. The zero-order chi connectivity index (χ0) is 18.0. The largest absolute Gasteiger partial charge is 0.497 e. The number of carboxylic acids is 1. The molecule has 1 N–H and O–H groups in total. The molecule has 0 bridgehead atoms. The van der Waals surface area contributed by atoms with Gasteiger partial charge in [0.05, 0.1) is 25.3 Å². The average Bonchev–Trinajstić information content (AvgIpc) is 3.02. The number of nitrogens with zero attached hydrogens (tertiary/aromatic N) is 3. The van der Waals surface area contributed by atoms with Crippen molar-refractivity contribution < 1.29 is 19.4 Å². The summed E-state index contributed by atoms with van der Waals surface area (Å²) in [6.45, 7) is 0.333. The third kappa shape index (κ3) is 3.50. The predicted octanol–water partition coefficient (Wildman–Crippen LogP) is 1.99. The fourth-order valence-corrected chi connectivity index (χ4v) is 3.37. The molecule has 2 aromatic rings. The van der Waals surface area contributed by atoms with Gasteiger partial charge >= 0.3 is 5.97 Å². The number of benzene rings is 1. The second-order valence-electron chi connectivity index (χ2n) is 6.25. The van der Waals surface area contributed by atoms with E-state index in [0.29, 0.717) is 18.7 Å². The molecular formula is C18H21N3O4. The first-order valence-electron chi connectivity index (χ1n) is 8.13. The molecule has 0 unspecified atom stereocenters. The summed E-state index contributed by atoms with van der Waals surface area (Å²) in [5, 5.41) is 13.8. The average molecular weight is 343 g/mol. The molecule has 1 aliphatic rings. The van der Waals surface area contributed by atoms with Crippen molar-refractivity contribution in [3.05, 3.63) is 47.8 Å². The first-order valence-corrected chi connectivity index (χ1v) is 8.13. The number of piperidine rings is 1. The molecule has 0 radical (unpaired) electrons. The van der Waals surface area contributed by atoms with Crippen LogP contribution >= 0.6 is 0 Å². The van der Waals surface area contributed by atoms with E-state index < -0.39 is 17.9 Å². The van der Waals surface area contributed by atoms with E-state index >= 15 is 0 Å². The number of hydrogen-bond donors (Lipinski definition) is 1. The lowest BCUT2D eigenvalue weighted by atomic mass is 9.85. The molecule has 3 rings (SSSR count). The van der Waals surface area contributed by atoms with Gasteiger partial charge in [-0.1, -0.05) is 12.1 Å². The Morgan fingerprint density at radius 3 is 2.88 bits per heavy atom. The van der Waals surface area contributed by atoms with Gasteiger partial charge in [0.25, 0.3) is 0 Å². The maximum absolute atomic E-state index is 12.6. The molecule has 7 heteroatoms. The number of methoxy groups -OCH3 is 1. The van der Waals surface area contributed by atoms with Crippen LogP contribution in [-0.2, 0) is 23.2 Å². The van der Waals surface area contributed by atoms with Crippen LogP contribution in [0, 0.1) is 5.92 Å². The van der Waals surface area contributed by atoms with Crippen molar-refractivity contribution in [1.29, 1.82) is 0 Å². The van der Waals surface area contributed by atoms with Gasteiger partial charge in [0, 0.05) is 31.8 Å². The van der Waals surface area contributed by atoms with Crippen LogP contribution in [0.4, 0.5) is 0 Å². The molecule has 132 valence electrons. The third-order valence-electron chi connectivity index (χ3n) is 4.58. The monoisotopic (exact) mass is 343 g/mol. The SMILES string of the molecule is COc1cccc(CN2C(=O)CC[C@H](C(=O)O)[C@H]2c2cnn(C)c2)c1. The number of rotatable bonds is 5. The molecule has 0 aliphatic carbocycles. The smallest absolute Gasteiger partial charge is 0.308 e. The van der Waals surface area contributed by atoms with Crippen LogP contribution in [0.25, 0.3) is 0 Å². The number of carbonyl (C=O) groups excluding carboxylic acids is 1. The molecule has 1 aliphatic heterocycles. The first-order chi connectivity index (χ1) is 12.0. The number of amides is 1. The van der Waals surface area contributed by atoms with Gasteiger partial charge in [0.1, 0.15) is 5.75 Å². The first kappa shape index (κ1) is 17.0. The second kappa shape index (κ2) is 6.96. The summed E-state index contributed by atoms with van der Waals surface area (Å²) in [5.74, 6) is -0.881. The molecule has 25 heavy (non-hydrogen) atoms. The Morgan fingerprint density at radius 2 is 2.24 bits per heavy atom. The quantitative estimate of drug-likeness (QED) is 0.897. The minimum Gasteiger partial charge on any atom is -0.497 e. The summed E-state index contributed by atoms with van der Waals surface area (Å²) in [7, 11) is 3.36. The Labute approximate surface area is 145 Å². The maximum Gasteiger partial charge on any atom is 0.308 e. The van der Waals surface area contributed by atoms with E-state index in [4.69, 9.17) is 4.74 Å². The van der Waals surface area contributed by atoms with Crippen molar-refractivity contribution in [3.63, 3.8) is 0 Å². The van der Waals surface area contributed by atoms with E-state index in [1.807, 2.05) is 24.3 Å². The molecule has 1 amide bonds. The summed E-state index contributed by atoms with van der Waals surface area (Å²) in [6, 6.07) is 6.92. The lowest BCUT2D eigenvalue weighted by molar-refractivity contribution is -0.152. The highest BCUT2D eigenvalue weighted by atomic mass is 16.5. The molecule has 2 heterocycles. The summed E-state index contributed by atoms with van der Waals surface area (Å²) in [4.78, 5) is 26.0. The topological polar surface area (TPSA) is 84.7 Å². The molecule has 1 aromatic carbocycles. The highest BCUT2D eigenvalue weighted by Crippen LogP contribution is 2.38. The van der Waals surface area contributed by atoms with Gasteiger partial charge in [-0.3, -0.25) is 14.3 Å². The van der Waals surface area contributed by atoms with E-state index in [-0.39, 0.29) is 12.3 Å². The minimum absolute atomic E-state index is 0.0471. The number of likely N-dealkylation sites (tertiary alicyclic amines) is 1. The third-order valence-corrected chi connectivity index (χ3v) is 4.58. The van der Waals surface area contributed by atoms with E-state index in [1.54, 1.807) is 36.1 Å². The fourth-order valence-electron chi connectivity index (χ4n) is 3.37. The Balaban J connectivity index is 1.96. The molecule has 0 spiro atoms. The number of ether oxygens (including phenoxy) is 1. The van der Waals surface area contributed by atoms with Gasteiger partial charge in [-0.05, 0) is 24.1 Å². The fraction of sp³-hybridized carbons (Fsp3) is 0.389. The summed E-state index contributed by atoms with van der Waals surface area (Å²) >= 11 is 0. The van der Waals surface area contributed by atoms with Gasteiger partial charge < -0.3 is 14.7 Å². The molecular weight excluding hydrogens is 322 g/mol. The number of carboxylic acid groups (broad SMARTS) is 1. The van der Waals surface area contributed by atoms with Gasteiger partial charge in [0.15, 0.2) is 0 Å². The van der Waals surface area contributed by atoms with Crippen molar-refractivity contribution in [2.45, 2.75) is 25.4 Å². The van der Waals surface area contributed by atoms with Crippen LogP contribution in [0.3, 0.4) is 0 Å². The molecule has 1 fully saturated rings. The molecule has 1 saturated heterocycles. The predicted molar refractivity (Wildman–Crippen MR) is 89.9 cm³/mol. The molecule has 0 saturated carbocycles. The lowest BCUT2D eigenvalue weighted by Crippen LogP contribution is -2.44. The molecule has 2 atom stereocenters. The lowest BCUT2D eigenvalue weighted by Gasteiger charge is -2.39. The standard InChI is InChI=1S/C18H21N3O4/c1-20-11-13(9-19-20)17-15(18(23)24)6-7-16(22)21(17)10-12-4-3-5-14(8-12)25-2/h3-5,8-9,11,15,17H,6-7,10H2,1-2H3,(H,23,24)/t15-,17+/m0/s1. The van der Waals surface area contributed by atoms with Crippen molar-refractivity contribution in [3.8, 4) is 5.75 Å². The Morgan fingerprint density at radius 1 is 1.44 bits per heavy atom. The molecule has 1 aromatic heterocycles. The van der Waals surface area contributed by atoms with Crippen molar-refractivity contribution in [2.75, 3.05) is 7.11 Å². The van der Waals surface area contributed by atoms with E-state index in [0.717, 1.165) is 11.1 Å². The maximum atomic E-state index is 12.6. The van der Waals surface area contributed by atoms with E-state index in [9.17, 15) is 14.7 Å². The zero-order valence-electron chi connectivity index (χ0n) is 14.3. The Kier molecular flexibility index (Phi) is 4.74. The highest BCUT2D eigenvalue weighted by molar-refractivity contribution is 5.81. The van der Waals surface area contributed by atoms with Crippen molar-refractivity contribution in [2.24, 2.45) is 13.0 Å². The Hall–Kier alpha value is -2.83. The normalized spacial score (nSPS) is 20.6. The zero-order valence-corrected chi connectivity index (χ0v) is 14.3. The number of hydrogen-bond acceptors (Lipinski definition) is 4. The van der Waals surface area contributed by atoms with Crippen LogP contribution in [0.1, 0.15) is 30.0 Å². The Bertz CT molecular complexity index is 786. The molecule has 7 nitrogen and oxygen atoms in total. The van der Waals surface area contributed by atoms with Crippen LogP contribution in [-0.4, -0.2) is 38.8 Å². The van der Waals surface area contributed by atoms with Gasteiger partial charge in [-0.15, -0.1) is 0 Å². The van der Waals surface area contributed by atoms with Gasteiger partial charge in [-0.25, -0.2) is 0 Å². The van der Waals surface area contributed by atoms with Crippen LogP contribution in [0.15, 0.2) is 36.7 Å². The summed E-state index contributed by atoms with van der Waals surface area (Å²) in [5.41, 5.74) is 1.64. The van der Waals surface area contributed by atoms with E-state index in [2.05, 4.69) is 5.10 Å². The minimum atomic E-state index is -0.892. The van der Waals surface area contributed by atoms with Gasteiger partial charge in [0.2, 0.25) is 5.91 Å². The van der Waals surface area contributed by atoms with Crippen LogP contribution in [0.2, 0.25) is 0 Å². The number of carbonyl (C=O) groups is 2. The van der Waals surface area contributed by atoms with Crippen molar-refractivity contribution in [1.82, 2.24) is 14.7 Å². The van der Waals surface area contributed by atoms with E-state index in [1.165, 1.54) is 0 Å². The van der Waals surface area contributed by atoms with Crippen molar-refractivity contribution >= 4 is 11.9 Å².